The van der Waals surface area contributed by atoms with E-state index in [4.69, 9.17) is 9.47 Å². The third-order valence-electron chi connectivity index (χ3n) is 2.51. The highest BCUT2D eigenvalue weighted by atomic mass is 16.7. The quantitative estimate of drug-likeness (QED) is 0.620. The average molecular weight is 182 g/mol. The lowest BCUT2D eigenvalue weighted by atomic mass is 9.92. The minimum atomic E-state index is -0.228. The second-order valence-corrected chi connectivity index (χ2v) is 4.97. The molecule has 74 valence electrons. The van der Waals surface area contributed by atoms with Gasteiger partial charge in [-0.1, -0.05) is 27.7 Å². The molecule has 2 rings (SSSR count). The number of hydrogen-bond donors (Lipinski definition) is 0. The molecule has 1 spiro atoms. The highest BCUT2D eigenvalue weighted by Crippen LogP contribution is 2.53. The van der Waals surface area contributed by atoms with Crippen LogP contribution in [0.3, 0.4) is 0 Å². The molecule has 0 saturated heterocycles. The van der Waals surface area contributed by atoms with Crippen molar-refractivity contribution in [3.8, 4) is 0 Å². The van der Waals surface area contributed by atoms with Gasteiger partial charge in [0.25, 0.3) is 5.79 Å². The summed E-state index contributed by atoms with van der Waals surface area (Å²) in [6.45, 7) is 8.63. The molecule has 2 aliphatic rings. The maximum atomic E-state index is 5.89. The zero-order valence-corrected chi connectivity index (χ0v) is 8.94. The summed E-state index contributed by atoms with van der Waals surface area (Å²) in [5.74, 6) is 1.89. The van der Waals surface area contributed by atoms with Gasteiger partial charge in [-0.05, 0) is 0 Å². The first-order valence-electron chi connectivity index (χ1n) is 5.08. The molecular weight excluding hydrogens is 164 g/mol. The molecule has 1 saturated carbocycles. The Morgan fingerprint density at radius 1 is 1.23 bits per heavy atom. The van der Waals surface area contributed by atoms with E-state index in [-0.39, 0.29) is 11.2 Å². The maximum Gasteiger partial charge on any atom is 0.251 e. The third kappa shape index (κ3) is 1.43. The highest BCUT2D eigenvalue weighted by Gasteiger charge is 2.55. The van der Waals surface area contributed by atoms with Crippen molar-refractivity contribution in [3.63, 3.8) is 0 Å². The second kappa shape index (κ2) is 2.43. The SMILES string of the molecule is CCC1=C(C(C)(C)C)OC2(CC2)O1. The fraction of sp³-hybridized carbons (Fsp3) is 0.818. The normalized spacial score (nSPS) is 24.6. The zero-order valence-electron chi connectivity index (χ0n) is 8.94. The van der Waals surface area contributed by atoms with Crippen molar-refractivity contribution >= 4 is 0 Å². The first-order chi connectivity index (χ1) is 5.97. The molecule has 13 heavy (non-hydrogen) atoms. The topological polar surface area (TPSA) is 18.5 Å². The summed E-state index contributed by atoms with van der Waals surface area (Å²) in [5, 5.41) is 0. The van der Waals surface area contributed by atoms with Gasteiger partial charge in [-0.3, -0.25) is 0 Å². The fourth-order valence-electron chi connectivity index (χ4n) is 1.64. The Hall–Kier alpha value is -0.660. The van der Waals surface area contributed by atoms with Gasteiger partial charge in [0.1, 0.15) is 11.5 Å². The van der Waals surface area contributed by atoms with E-state index in [9.17, 15) is 0 Å². The first kappa shape index (κ1) is 8.92. The molecule has 0 bridgehead atoms. The van der Waals surface area contributed by atoms with Crippen molar-refractivity contribution in [2.24, 2.45) is 5.41 Å². The molecule has 0 unspecified atom stereocenters. The van der Waals surface area contributed by atoms with E-state index in [2.05, 4.69) is 27.7 Å². The Bertz CT molecular complexity index is 254. The van der Waals surface area contributed by atoms with Crippen LogP contribution in [0.5, 0.6) is 0 Å². The Morgan fingerprint density at radius 2 is 1.85 bits per heavy atom. The van der Waals surface area contributed by atoms with Gasteiger partial charge in [-0.25, -0.2) is 0 Å². The van der Waals surface area contributed by atoms with Crippen LogP contribution in [-0.2, 0) is 9.47 Å². The van der Waals surface area contributed by atoms with E-state index < -0.39 is 0 Å². The summed E-state index contributed by atoms with van der Waals surface area (Å²) in [7, 11) is 0. The van der Waals surface area contributed by atoms with Gasteiger partial charge in [0.2, 0.25) is 0 Å². The van der Waals surface area contributed by atoms with Crippen LogP contribution >= 0.6 is 0 Å². The smallest absolute Gasteiger partial charge is 0.251 e. The second-order valence-electron chi connectivity index (χ2n) is 4.97. The van der Waals surface area contributed by atoms with E-state index >= 15 is 0 Å². The Balaban J connectivity index is 2.23. The lowest BCUT2D eigenvalue weighted by molar-refractivity contribution is -0.0750. The highest BCUT2D eigenvalue weighted by molar-refractivity contribution is 5.17. The van der Waals surface area contributed by atoms with Gasteiger partial charge in [-0.15, -0.1) is 0 Å². The number of hydrogen-bond acceptors (Lipinski definition) is 2. The van der Waals surface area contributed by atoms with Crippen molar-refractivity contribution < 1.29 is 9.47 Å². The molecule has 2 nitrogen and oxygen atoms in total. The van der Waals surface area contributed by atoms with Crippen molar-refractivity contribution in [2.45, 2.75) is 52.7 Å². The molecule has 1 aliphatic heterocycles. The molecule has 2 heteroatoms. The van der Waals surface area contributed by atoms with Crippen LogP contribution in [0.4, 0.5) is 0 Å². The average Bonchev–Trinajstić information content (AvgIpc) is 2.60. The summed E-state index contributed by atoms with van der Waals surface area (Å²) in [6, 6.07) is 0. The molecule has 0 aromatic heterocycles. The van der Waals surface area contributed by atoms with Crippen molar-refractivity contribution in [3.05, 3.63) is 11.5 Å². The summed E-state index contributed by atoms with van der Waals surface area (Å²) in [4.78, 5) is 0. The predicted octanol–water partition coefficient (Wildman–Crippen LogP) is 3.19. The van der Waals surface area contributed by atoms with Gasteiger partial charge < -0.3 is 9.47 Å². The zero-order chi connectivity index (χ0) is 9.69. The molecule has 0 aromatic rings. The Labute approximate surface area is 79.9 Å². The molecular formula is C11H18O2. The van der Waals surface area contributed by atoms with E-state index in [0.717, 1.165) is 30.8 Å². The van der Waals surface area contributed by atoms with Crippen molar-refractivity contribution in [1.29, 1.82) is 0 Å². The van der Waals surface area contributed by atoms with Crippen molar-refractivity contribution in [2.75, 3.05) is 0 Å². The molecule has 0 radical (unpaired) electrons. The maximum absolute atomic E-state index is 5.89. The van der Waals surface area contributed by atoms with Crippen LogP contribution in [-0.4, -0.2) is 5.79 Å². The van der Waals surface area contributed by atoms with E-state index in [1.165, 1.54) is 0 Å². The van der Waals surface area contributed by atoms with E-state index in [1.807, 2.05) is 0 Å². The predicted molar refractivity (Wildman–Crippen MR) is 50.9 cm³/mol. The summed E-state index contributed by atoms with van der Waals surface area (Å²) < 4.78 is 11.7. The van der Waals surface area contributed by atoms with Crippen LogP contribution in [0.15, 0.2) is 11.5 Å². The Kier molecular flexibility index (Phi) is 1.67. The molecule has 0 aromatic carbocycles. The van der Waals surface area contributed by atoms with Gasteiger partial charge in [0, 0.05) is 24.7 Å². The van der Waals surface area contributed by atoms with Crippen LogP contribution in [0, 0.1) is 5.41 Å². The monoisotopic (exact) mass is 182 g/mol. The van der Waals surface area contributed by atoms with Gasteiger partial charge in [-0.2, -0.15) is 0 Å². The minimum Gasteiger partial charge on any atom is -0.453 e. The lowest BCUT2D eigenvalue weighted by Gasteiger charge is -2.20. The van der Waals surface area contributed by atoms with Crippen LogP contribution in [0.2, 0.25) is 0 Å². The van der Waals surface area contributed by atoms with Gasteiger partial charge >= 0.3 is 0 Å². The fourth-order valence-corrected chi connectivity index (χ4v) is 1.64. The molecule has 0 atom stereocenters. The Morgan fingerprint density at radius 3 is 2.15 bits per heavy atom. The lowest BCUT2D eigenvalue weighted by Crippen LogP contribution is -2.15. The standard InChI is InChI=1S/C11H18O2/c1-5-8-9(10(2,3)4)13-11(12-8)6-7-11/h5-7H2,1-4H3. The van der Waals surface area contributed by atoms with Crippen LogP contribution in [0.1, 0.15) is 47.0 Å². The minimum absolute atomic E-state index is 0.0808. The third-order valence-corrected chi connectivity index (χ3v) is 2.51. The summed E-state index contributed by atoms with van der Waals surface area (Å²) in [5.41, 5.74) is 0.0808. The van der Waals surface area contributed by atoms with Crippen molar-refractivity contribution in [1.82, 2.24) is 0 Å². The van der Waals surface area contributed by atoms with Crippen LogP contribution < -0.4 is 0 Å². The first-order valence-corrected chi connectivity index (χ1v) is 5.08. The molecule has 1 heterocycles. The van der Waals surface area contributed by atoms with E-state index in [1.54, 1.807) is 0 Å². The number of allylic oxidation sites excluding steroid dienone is 2. The molecule has 1 fully saturated rings. The number of ether oxygens (including phenoxy) is 2. The molecule has 1 aliphatic carbocycles. The molecule has 0 N–H and O–H groups in total. The largest absolute Gasteiger partial charge is 0.453 e. The van der Waals surface area contributed by atoms with Gasteiger partial charge in [0.05, 0.1) is 0 Å². The van der Waals surface area contributed by atoms with Crippen LogP contribution in [0.25, 0.3) is 0 Å². The molecule has 0 amide bonds. The summed E-state index contributed by atoms with van der Waals surface area (Å²) >= 11 is 0. The van der Waals surface area contributed by atoms with Gasteiger partial charge in [0.15, 0.2) is 0 Å². The van der Waals surface area contributed by atoms with E-state index in [0.29, 0.717) is 0 Å². The summed E-state index contributed by atoms with van der Waals surface area (Å²) in [6.07, 6.45) is 3.04. The number of rotatable bonds is 1.